The zero-order valence-corrected chi connectivity index (χ0v) is 16.1. The summed E-state index contributed by atoms with van der Waals surface area (Å²) in [7, 11) is -0.295. The highest BCUT2D eigenvalue weighted by atomic mass is 32.2. The standard InChI is InChI=1S/C18H18N2O4S2/c1-20(26(3,22)23)13-8-9-16-12(10-13)11-17(25-16)18(21)19-14-6-4-5-7-15(14)24-2/h4-11H,1-3H3,(H,19,21). The normalized spacial score (nSPS) is 11.3. The Morgan fingerprint density at radius 3 is 2.58 bits per heavy atom. The van der Waals surface area contributed by atoms with Crippen LogP contribution in [0.3, 0.4) is 0 Å². The van der Waals surface area contributed by atoms with Gasteiger partial charge in [0.05, 0.1) is 29.6 Å². The lowest BCUT2D eigenvalue weighted by Crippen LogP contribution is -2.24. The third kappa shape index (κ3) is 3.66. The summed E-state index contributed by atoms with van der Waals surface area (Å²) in [6.07, 6.45) is 1.15. The number of para-hydroxylation sites is 2. The molecule has 0 saturated carbocycles. The molecule has 0 saturated heterocycles. The predicted octanol–water partition coefficient (Wildman–Crippen LogP) is 3.56. The lowest BCUT2D eigenvalue weighted by Gasteiger charge is -2.16. The smallest absolute Gasteiger partial charge is 0.265 e. The molecule has 0 spiro atoms. The maximum atomic E-state index is 12.6. The van der Waals surface area contributed by atoms with Crippen LogP contribution in [0.15, 0.2) is 48.5 Å². The number of nitrogens with zero attached hydrogens (tertiary/aromatic N) is 1. The van der Waals surface area contributed by atoms with Crippen molar-refractivity contribution >= 4 is 48.7 Å². The molecule has 1 amide bonds. The van der Waals surface area contributed by atoms with E-state index in [1.807, 2.05) is 18.2 Å². The van der Waals surface area contributed by atoms with Gasteiger partial charge in [0.2, 0.25) is 10.0 Å². The number of ether oxygens (including phenoxy) is 1. The SMILES string of the molecule is COc1ccccc1NC(=O)c1cc2cc(N(C)S(C)(=O)=O)ccc2s1. The molecule has 0 bridgehead atoms. The summed E-state index contributed by atoms with van der Waals surface area (Å²) in [6, 6.07) is 14.2. The van der Waals surface area contributed by atoms with Crippen molar-refractivity contribution in [3.8, 4) is 5.75 Å². The van der Waals surface area contributed by atoms with Crippen LogP contribution >= 0.6 is 11.3 Å². The molecule has 1 heterocycles. The van der Waals surface area contributed by atoms with Gasteiger partial charge in [0, 0.05) is 11.7 Å². The van der Waals surface area contributed by atoms with E-state index in [1.54, 1.807) is 37.4 Å². The number of methoxy groups -OCH3 is 1. The Morgan fingerprint density at radius 2 is 1.88 bits per heavy atom. The first-order valence-corrected chi connectivity index (χ1v) is 10.4. The highest BCUT2D eigenvalue weighted by Crippen LogP contribution is 2.31. The summed E-state index contributed by atoms with van der Waals surface area (Å²) < 4.78 is 30.7. The van der Waals surface area contributed by atoms with E-state index in [4.69, 9.17) is 4.74 Å². The van der Waals surface area contributed by atoms with Crippen molar-refractivity contribution in [1.29, 1.82) is 0 Å². The van der Waals surface area contributed by atoms with Gasteiger partial charge in [0.15, 0.2) is 0 Å². The second kappa shape index (κ2) is 6.97. The molecule has 136 valence electrons. The van der Waals surface area contributed by atoms with Crippen molar-refractivity contribution in [3.63, 3.8) is 0 Å². The van der Waals surface area contributed by atoms with Crippen LogP contribution in [-0.2, 0) is 10.0 Å². The number of carbonyl (C=O) groups is 1. The summed E-state index contributed by atoms with van der Waals surface area (Å²) in [5.41, 5.74) is 1.14. The highest BCUT2D eigenvalue weighted by Gasteiger charge is 2.16. The number of rotatable bonds is 5. The van der Waals surface area contributed by atoms with Crippen LogP contribution in [0.5, 0.6) is 5.75 Å². The second-order valence-electron chi connectivity index (χ2n) is 5.72. The number of benzene rings is 2. The average molecular weight is 390 g/mol. The van der Waals surface area contributed by atoms with Gasteiger partial charge in [-0.3, -0.25) is 9.10 Å². The monoisotopic (exact) mass is 390 g/mol. The summed E-state index contributed by atoms with van der Waals surface area (Å²) in [4.78, 5) is 13.1. The van der Waals surface area contributed by atoms with Crippen LogP contribution in [0, 0.1) is 0 Å². The highest BCUT2D eigenvalue weighted by molar-refractivity contribution is 7.92. The van der Waals surface area contributed by atoms with Gasteiger partial charge in [-0.1, -0.05) is 12.1 Å². The largest absolute Gasteiger partial charge is 0.495 e. The lowest BCUT2D eigenvalue weighted by atomic mass is 10.2. The Labute approximate surface area is 156 Å². The van der Waals surface area contributed by atoms with Crippen LogP contribution < -0.4 is 14.4 Å². The molecule has 6 nitrogen and oxygen atoms in total. The molecule has 0 radical (unpaired) electrons. The topological polar surface area (TPSA) is 75.7 Å². The minimum absolute atomic E-state index is 0.242. The molecule has 1 aromatic heterocycles. The van der Waals surface area contributed by atoms with Gasteiger partial charge in [-0.2, -0.15) is 0 Å². The van der Waals surface area contributed by atoms with E-state index in [-0.39, 0.29) is 5.91 Å². The molecule has 2 aromatic carbocycles. The van der Waals surface area contributed by atoms with Gasteiger partial charge in [0.1, 0.15) is 5.75 Å². The molecule has 0 aliphatic carbocycles. The van der Waals surface area contributed by atoms with Gasteiger partial charge < -0.3 is 10.1 Å². The Morgan fingerprint density at radius 1 is 1.15 bits per heavy atom. The predicted molar refractivity (Wildman–Crippen MR) is 106 cm³/mol. The Hall–Kier alpha value is -2.58. The molecular weight excluding hydrogens is 372 g/mol. The zero-order valence-electron chi connectivity index (χ0n) is 14.5. The maximum absolute atomic E-state index is 12.6. The number of fused-ring (bicyclic) bond motifs is 1. The third-order valence-electron chi connectivity index (χ3n) is 3.94. The molecule has 0 atom stereocenters. The van der Waals surface area contributed by atoms with E-state index >= 15 is 0 Å². The fourth-order valence-corrected chi connectivity index (χ4v) is 3.90. The van der Waals surface area contributed by atoms with Crippen LogP contribution in [0.1, 0.15) is 9.67 Å². The number of sulfonamides is 1. The fourth-order valence-electron chi connectivity index (χ4n) is 2.46. The van der Waals surface area contributed by atoms with Crippen LogP contribution in [0.25, 0.3) is 10.1 Å². The molecule has 1 N–H and O–H groups in total. The van der Waals surface area contributed by atoms with Gasteiger partial charge in [0.25, 0.3) is 5.91 Å². The number of anilines is 2. The summed E-state index contributed by atoms with van der Waals surface area (Å²) in [5, 5.41) is 3.65. The van der Waals surface area contributed by atoms with E-state index in [9.17, 15) is 13.2 Å². The fraction of sp³-hybridized carbons (Fsp3) is 0.167. The Kier molecular flexibility index (Phi) is 4.88. The van der Waals surface area contributed by atoms with Crippen molar-refractivity contribution in [2.24, 2.45) is 0 Å². The van der Waals surface area contributed by atoms with Crippen LogP contribution in [0.4, 0.5) is 11.4 Å². The quantitative estimate of drug-likeness (QED) is 0.723. The molecule has 0 fully saturated rings. The van der Waals surface area contributed by atoms with Crippen molar-refractivity contribution in [2.75, 3.05) is 30.0 Å². The molecule has 26 heavy (non-hydrogen) atoms. The number of hydrogen-bond acceptors (Lipinski definition) is 5. The number of hydrogen-bond donors (Lipinski definition) is 1. The Balaban J connectivity index is 1.90. The number of carbonyl (C=O) groups excluding carboxylic acids is 1. The second-order valence-corrected chi connectivity index (χ2v) is 8.82. The van der Waals surface area contributed by atoms with E-state index in [1.165, 1.54) is 22.7 Å². The maximum Gasteiger partial charge on any atom is 0.265 e. The summed E-state index contributed by atoms with van der Waals surface area (Å²) in [6.45, 7) is 0. The van der Waals surface area contributed by atoms with E-state index in [0.717, 1.165) is 16.3 Å². The van der Waals surface area contributed by atoms with Gasteiger partial charge in [-0.05, 0) is 41.8 Å². The molecule has 8 heteroatoms. The first-order chi connectivity index (χ1) is 12.3. The number of nitrogens with one attached hydrogen (secondary N) is 1. The minimum atomic E-state index is -3.34. The van der Waals surface area contributed by atoms with E-state index < -0.39 is 10.0 Å². The van der Waals surface area contributed by atoms with Crippen molar-refractivity contribution in [1.82, 2.24) is 0 Å². The van der Waals surface area contributed by atoms with Gasteiger partial charge >= 0.3 is 0 Å². The first-order valence-electron chi connectivity index (χ1n) is 7.71. The van der Waals surface area contributed by atoms with E-state index in [0.29, 0.717) is 22.0 Å². The molecule has 3 aromatic rings. The molecule has 3 rings (SSSR count). The number of amides is 1. The van der Waals surface area contributed by atoms with Crippen LogP contribution in [0.2, 0.25) is 0 Å². The molecule has 0 aliphatic heterocycles. The summed E-state index contributed by atoms with van der Waals surface area (Å²) in [5.74, 6) is 0.341. The molecular formula is C18H18N2O4S2. The van der Waals surface area contributed by atoms with Crippen molar-refractivity contribution < 1.29 is 17.9 Å². The molecule has 0 unspecified atom stereocenters. The van der Waals surface area contributed by atoms with Crippen LogP contribution in [-0.4, -0.2) is 34.7 Å². The third-order valence-corrected chi connectivity index (χ3v) is 6.26. The van der Waals surface area contributed by atoms with Gasteiger partial charge in [-0.25, -0.2) is 8.42 Å². The number of thiophene rings is 1. The zero-order chi connectivity index (χ0) is 18.9. The van der Waals surface area contributed by atoms with Crippen molar-refractivity contribution in [2.45, 2.75) is 0 Å². The van der Waals surface area contributed by atoms with E-state index in [2.05, 4.69) is 5.32 Å². The molecule has 0 aliphatic rings. The lowest BCUT2D eigenvalue weighted by molar-refractivity contribution is 0.103. The average Bonchev–Trinajstić information content (AvgIpc) is 3.04. The first kappa shape index (κ1) is 18.2. The van der Waals surface area contributed by atoms with Gasteiger partial charge in [-0.15, -0.1) is 11.3 Å². The minimum Gasteiger partial charge on any atom is -0.495 e. The Bertz CT molecular complexity index is 1070. The summed E-state index contributed by atoms with van der Waals surface area (Å²) >= 11 is 1.35. The van der Waals surface area contributed by atoms with Crippen molar-refractivity contribution in [3.05, 3.63) is 53.4 Å².